The van der Waals surface area contributed by atoms with Crippen molar-refractivity contribution in [1.29, 1.82) is 0 Å². The molecule has 0 aliphatic carbocycles. The molecule has 0 heterocycles. The molecule has 27 heavy (non-hydrogen) atoms. The van der Waals surface area contributed by atoms with Crippen molar-refractivity contribution < 1.29 is 14.4 Å². The maximum absolute atomic E-state index is 13.2. The summed E-state index contributed by atoms with van der Waals surface area (Å²) in [6, 6.07) is 6.16. The van der Waals surface area contributed by atoms with Crippen molar-refractivity contribution in [3.05, 3.63) is 96.0 Å². The van der Waals surface area contributed by atoms with Crippen LogP contribution in [0.1, 0.15) is 25.8 Å². The van der Waals surface area contributed by atoms with E-state index in [9.17, 15) is 9.18 Å². The first-order valence-electron chi connectivity index (χ1n) is 8.73. The van der Waals surface area contributed by atoms with Crippen molar-refractivity contribution >= 4 is 5.91 Å². The Morgan fingerprint density at radius 1 is 1.37 bits per heavy atom. The lowest BCUT2D eigenvalue weighted by molar-refractivity contribution is -0.120. The molecule has 0 aliphatic rings. The first-order chi connectivity index (χ1) is 13.0. The topological polar surface area (TPSA) is 61.4 Å². The zero-order valence-electron chi connectivity index (χ0n) is 15.8. The summed E-state index contributed by atoms with van der Waals surface area (Å²) in [4.78, 5) is 12.1. The Morgan fingerprint density at radius 2 is 2.15 bits per heavy atom. The molecular weight excluding hydrogens is 343 g/mol. The number of halogens is 1. The maximum Gasteiger partial charge on any atom is 0.224 e. The SMILES string of the molecule is C=C/C=C(\C=C/NO)C(C)/C=C\C(=C/C)CC(=O)NCc1cccc(F)c1. The second-order valence-corrected chi connectivity index (χ2v) is 5.96. The zero-order valence-corrected chi connectivity index (χ0v) is 15.8. The van der Waals surface area contributed by atoms with Crippen LogP contribution in [0.2, 0.25) is 0 Å². The van der Waals surface area contributed by atoms with Gasteiger partial charge in [-0.1, -0.05) is 56.0 Å². The summed E-state index contributed by atoms with van der Waals surface area (Å²) >= 11 is 0. The third-order valence-corrected chi connectivity index (χ3v) is 3.90. The molecular formula is C22H27FN2O2. The van der Waals surface area contributed by atoms with Crippen LogP contribution in [-0.4, -0.2) is 11.1 Å². The van der Waals surface area contributed by atoms with E-state index in [2.05, 4.69) is 11.9 Å². The number of allylic oxidation sites excluding steroid dienone is 7. The summed E-state index contributed by atoms with van der Waals surface area (Å²) in [7, 11) is 0. The van der Waals surface area contributed by atoms with E-state index >= 15 is 0 Å². The number of hydrogen-bond donors (Lipinski definition) is 3. The largest absolute Gasteiger partial charge is 0.352 e. The molecule has 1 aromatic carbocycles. The Morgan fingerprint density at radius 3 is 2.78 bits per heavy atom. The van der Waals surface area contributed by atoms with Crippen LogP contribution < -0.4 is 10.8 Å². The van der Waals surface area contributed by atoms with Gasteiger partial charge in [-0.15, -0.1) is 0 Å². The predicted molar refractivity (Wildman–Crippen MR) is 107 cm³/mol. The van der Waals surface area contributed by atoms with Gasteiger partial charge in [-0.3, -0.25) is 15.5 Å². The molecule has 0 saturated heterocycles. The molecule has 1 rings (SSSR count). The van der Waals surface area contributed by atoms with Gasteiger partial charge in [0.2, 0.25) is 5.91 Å². The van der Waals surface area contributed by atoms with Crippen molar-refractivity contribution in [3.8, 4) is 0 Å². The van der Waals surface area contributed by atoms with E-state index in [-0.39, 0.29) is 24.1 Å². The van der Waals surface area contributed by atoms with Gasteiger partial charge in [0.15, 0.2) is 0 Å². The molecule has 3 N–H and O–H groups in total. The lowest BCUT2D eigenvalue weighted by Crippen LogP contribution is -2.22. The smallest absolute Gasteiger partial charge is 0.224 e. The quantitative estimate of drug-likeness (QED) is 0.417. The highest BCUT2D eigenvalue weighted by Gasteiger charge is 2.06. The van der Waals surface area contributed by atoms with Gasteiger partial charge in [0, 0.05) is 12.7 Å². The molecule has 0 radical (unpaired) electrons. The second kappa shape index (κ2) is 12.4. The fraction of sp³-hybridized carbons (Fsp3) is 0.227. The van der Waals surface area contributed by atoms with Gasteiger partial charge < -0.3 is 5.32 Å². The lowest BCUT2D eigenvalue weighted by atomic mass is 9.98. The minimum atomic E-state index is -0.318. The molecule has 1 atom stereocenters. The van der Waals surface area contributed by atoms with E-state index in [1.807, 2.05) is 43.6 Å². The van der Waals surface area contributed by atoms with Gasteiger partial charge in [-0.25, -0.2) is 4.39 Å². The van der Waals surface area contributed by atoms with Crippen LogP contribution in [0.4, 0.5) is 4.39 Å². The van der Waals surface area contributed by atoms with Crippen LogP contribution in [0.15, 0.2) is 84.6 Å². The number of carbonyl (C=O) groups is 1. The summed E-state index contributed by atoms with van der Waals surface area (Å²) in [6.07, 6.45) is 12.7. The van der Waals surface area contributed by atoms with Crippen molar-refractivity contribution in [2.24, 2.45) is 5.92 Å². The van der Waals surface area contributed by atoms with Gasteiger partial charge in [0.25, 0.3) is 0 Å². The molecule has 144 valence electrons. The highest BCUT2D eigenvalue weighted by molar-refractivity contribution is 5.79. The van der Waals surface area contributed by atoms with Gasteiger partial charge >= 0.3 is 0 Å². The van der Waals surface area contributed by atoms with E-state index in [0.29, 0.717) is 6.54 Å². The van der Waals surface area contributed by atoms with Crippen molar-refractivity contribution in [3.63, 3.8) is 0 Å². The molecule has 1 aromatic rings. The van der Waals surface area contributed by atoms with Crippen molar-refractivity contribution in [2.45, 2.75) is 26.8 Å². The third kappa shape index (κ3) is 8.83. The van der Waals surface area contributed by atoms with Crippen LogP contribution in [0.3, 0.4) is 0 Å². The Kier molecular flexibility index (Phi) is 10.2. The minimum absolute atomic E-state index is 0.0675. The number of hydrogen-bond acceptors (Lipinski definition) is 3. The second-order valence-electron chi connectivity index (χ2n) is 5.96. The average Bonchev–Trinajstić information content (AvgIpc) is 2.66. The summed E-state index contributed by atoms with van der Waals surface area (Å²) in [5.41, 5.74) is 4.53. The number of carbonyl (C=O) groups excluding carboxylic acids is 1. The van der Waals surface area contributed by atoms with E-state index < -0.39 is 0 Å². The fourth-order valence-corrected chi connectivity index (χ4v) is 2.36. The van der Waals surface area contributed by atoms with E-state index in [4.69, 9.17) is 5.21 Å². The maximum atomic E-state index is 13.2. The average molecular weight is 370 g/mol. The zero-order chi connectivity index (χ0) is 20.1. The van der Waals surface area contributed by atoms with Crippen LogP contribution in [-0.2, 0) is 11.3 Å². The Bertz CT molecular complexity index is 748. The Labute approximate surface area is 160 Å². The Balaban J connectivity index is 2.63. The fourth-order valence-electron chi connectivity index (χ4n) is 2.36. The van der Waals surface area contributed by atoms with Gasteiger partial charge in [0.1, 0.15) is 5.82 Å². The highest BCUT2D eigenvalue weighted by atomic mass is 19.1. The van der Waals surface area contributed by atoms with Gasteiger partial charge in [0.05, 0.1) is 6.42 Å². The van der Waals surface area contributed by atoms with Crippen LogP contribution in [0.5, 0.6) is 0 Å². The third-order valence-electron chi connectivity index (χ3n) is 3.90. The number of hydroxylamine groups is 1. The molecule has 5 heteroatoms. The van der Waals surface area contributed by atoms with Gasteiger partial charge in [-0.2, -0.15) is 0 Å². The monoisotopic (exact) mass is 370 g/mol. The Hall–Kier alpha value is -2.92. The normalized spacial score (nSPS) is 13.8. The molecule has 0 aliphatic heterocycles. The van der Waals surface area contributed by atoms with Crippen LogP contribution >= 0.6 is 0 Å². The summed E-state index contributed by atoms with van der Waals surface area (Å²) < 4.78 is 13.2. The first kappa shape index (κ1) is 22.1. The first-order valence-corrected chi connectivity index (χ1v) is 8.73. The van der Waals surface area contributed by atoms with E-state index in [0.717, 1.165) is 16.7 Å². The number of amides is 1. The molecule has 0 spiro atoms. The predicted octanol–water partition coefficient (Wildman–Crippen LogP) is 4.58. The standard InChI is InChI=1S/C22H27FN2O2/c1-4-7-20(12-13-25-27)17(3)10-11-18(5-2)15-22(26)24-16-19-8-6-9-21(23)14-19/h4-14,17,25,27H,1,15-16H2,2-3H3,(H,24,26)/b11-10-,13-12-,18-5+,20-7+. The highest BCUT2D eigenvalue weighted by Crippen LogP contribution is 2.16. The van der Waals surface area contributed by atoms with Crippen LogP contribution in [0.25, 0.3) is 0 Å². The molecule has 4 nitrogen and oxygen atoms in total. The molecule has 0 saturated carbocycles. The number of benzene rings is 1. The lowest BCUT2D eigenvalue weighted by Gasteiger charge is -2.09. The summed E-state index contributed by atoms with van der Waals surface area (Å²) in [5.74, 6) is -0.379. The van der Waals surface area contributed by atoms with Crippen molar-refractivity contribution in [1.82, 2.24) is 10.8 Å². The molecule has 0 bridgehead atoms. The number of rotatable bonds is 10. The molecule has 1 amide bonds. The molecule has 1 unspecified atom stereocenters. The molecule has 0 fully saturated rings. The number of nitrogens with one attached hydrogen (secondary N) is 2. The van der Waals surface area contributed by atoms with E-state index in [1.165, 1.54) is 18.3 Å². The van der Waals surface area contributed by atoms with E-state index in [1.54, 1.807) is 24.3 Å². The molecule has 0 aromatic heterocycles. The minimum Gasteiger partial charge on any atom is -0.352 e. The van der Waals surface area contributed by atoms with Crippen molar-refractivity contribution in [2.75, 3.05) is 0 Å². The van der Waals surface area contributed by atoms with Gasteiger partial charge in [-0.05, 0) is 47.8 Å². The summed E-state index contributed by atoms with van der Waals surface area (Å²) in [5, 5.41) is 11.5. The van der Waals surface area contributed by atoms with Crippen LogP contribution in [0, 0.1) is 11.7 Å². The summed E-state index contributed by atoms with van der Waals surface area (Å²) in [6.45, 7) is 7.86.